The Balaban J connectivity index is 1.37. The average Bonchev–Trinajstić information content (AvgIpc) is 3.47. The molecule has 0 bridgehead atoms. The van der Waals surface area contributed by atoms with Crippen LogP contribution < -0.4 is 10.9 Å². The predicted molar refractivity (Wildman–Crippen MR) is 133 cm³/mol. The number of fused-ring (bicyclic) bond motifs is 3. The molecule has 3 aromatic carbocycles. The van der Waals surface area contributed by atoms with Crippen molar-refractivity contribution in [3.05, 3.63) is 101 Å². The number of amides is 1. The first-order valence-corrected chi connectivity index (χ1v) is 11.0. The number of furan rings is 1. The molecule has 0 unspecified atom stereocenters. The number of H-pyrrole nitrogens is 1. The summed E-state index contributed by atoms with van der Waals surface area (Å²) in [6.45, 7) is 1.85. The van der Waals surface area contributed by atoms with Gasteiger partial charge in [0.2, 0.25) is 5.91 Å². The molecule has 2 N–H and O–H groups in total. The third-order valence-corrected chi connectivity index (χ3v) is 6.24. The predicted octanol–water partition coefficient (Wildman–Crippen LogP) is 6.18. The fourth-order valence-electron chi connectivity index (χ4n) is 4.45. The molecule has 3 heterocycles. The molecule has 3 aromatic heterocycles. The summed E-state index contributed by atoms with van der Waals surface area (Å²) in [4.78, 5) is 28.7. The van der Waals surface area contributed by atoms with E-state index in [1.807, 2.05) is 73.8 Å². The number of rotatable bonds is 4. The maximum atomic E-state index is 12.8. The number of hydrogen-bond donors (Lipinski definition) is 2. The van der Waals surface area contributed by atoms with Crippen molar-refractivity contribution in [1.82, 2.24) is 4.98 Å². The van der Waals surface area contributed by atoms with Crippen molar-refractivity contribution in [2.45, 2.75) is 13.3 Å². The number of anilines is 1. The zero-order valence-corrected chi connectivity index (χ0v) is 18.3. The molecule has 0 saturated heterocycles. The van der Waals surface area contributed by atoms with Gasteiger partial charge < -0.3 is 19.1 Å². The van der Waals surface area contributed by atoms with Gasteiger partial charge in [0.05, 0.1) is 18.2 Å². The highest BCUT2D eigenvalue weighted by Crippen LogP contribution is 2.34. The highest BCUT2D eigenvalue weighted by Gasteiger charge is 2.18. The zero-order chi connectivity index (χ0) is 23.2. The fourth-order valence-corrected chi connectivity index (χ4v) is 4.45. The van der Waals surface area contributed by atoms with Gasteiger partial charge in [-0.1, -0.05) is 30.3 Å². The average molecular weight is 448 g/mol. The molecule has 0 aliphatic heterocycles. The summed E-state index contributed by atoms with van der Waals surface area (Å²) in [5.41, 5.74) is 5.29. The lowest BCUT2D eigenvalue weighted by Crippen LogP contribution is -2.20. The molecule has 6 nitrogen and oxygen atoms in total. The van der Waals surface area contributed by atoms with Crippen molar-refractivity contribution in [1.29, 1.82) is 0 Å². The largest absolute Gasteiger partial charge is 0.464 e. The van der Waals surface area contributed by atoms with Gasteiger partial charge in [0.15, 0.2) is 0 Å². The molecule has 166 valence electrons. The van der Waals surface area contributed by atoms with Crippen LogP contribution in [-0.2, 0) is 11.2 Å². The quantitative estimate of drug-likeness (QED) is 0.315. The van der Waals surface area contributed by atoms with Crippen molar-refractivity contribution in [3.63, 3.8) is 0 Å². The molecule has 0 atom stereocenters. The lowest BCUT2D eigenvalue weighted by Gasteiger charge is -2.09. The van der Waals surface area contributed by atoms with Crippen LogP contribution in [0, 0.1) is 6.92 Å². The molecule has 0 fully saturated rings. The molecule has 0 spiro atoms. The second-order valence-corrected chi connectivity index (χ2v) is 8.36. The molecule has 6 heteroatoms. The van der Waals surface area contributed by atoms with Crippen LogP contribution in [0.25, 0.3) is 44.0 Å². The van der Waals surface area contributed by atoms with Gasteiger partial charge in [0.25, 0.3) is 0 Å². The van der Waals surface area contributed by atoms with Gasteiger partial charge in [-0.3, -0.25) is 4.79 Å². The number of aromatic amines is 1. The van der Waals surface area contributed by atoms with E-state index in [2.05, 4.69) is 10.3 Å². The van der Waals surface area contributed by atoms with Gasteiger partial charge in [-0.05, 0) is 48.4 Å². The van der Waals surface area contributed by atoms with Crippen LogP contribution in [0.15, 0.2) is 92.8 Å². The van der Waals surface area contributed by atoms with Crippen LogP contribution in [0.4, 0.5) is 5.69 Å². The van der Waals surface area contributed by atoms with E-state index in [0.29, 0.717) is 22.4 Å². The summed E-state index contributed by atoms with van der Waals surface area (Å²) in [6, 6.07) is 21.2. The van der Waals surface area contributed by atoms with Crippen LogP contribution >= 0.6 is 0 Å². The summed E-state index contributed by atoms with van der Waals surface area (Å²) < 4.78 is 11.3. The van der Waals surface area contributed by atoms with E-state index in [9.17, 15) is 9.59 Å². The third-order valence-electron chi connectivity index (χ3n) is 6.24. The highest BCUT2D eigenvalue weighted by molar-refractivity contribution is 6.03. The zero-order valence-electron chi connectivity index (χ0n) is 18.3. The SMILES string of the molecule is Cc1c(CC(=O)Nc2ccc3[nH]ccc3c2)c(=O)oc2cc3occ(-c4ccccc4)c3cc12. The Morgan fingerprint density at radius 2 is 1.82 bits per heavy atom. The van der Waals surface area contributed by atoms with Crippen LogP contribution in [-0.4, -0.2) is 10.9 Å². The van der Waals surface area contributed by atoms with E-state index in [1.54, 1.807) is 12.3 Å². The lowest BCUT2D eigenvalue weighted by molar-refractivity contribution is -0.115. The normalized spacial score (nSPS) is 11.4. The summed E-state index contributed by atoms with van der Waals surface area (Å²) in [5.74, 6) is -0.279. The minimum Gasteiger partial charge on any atom is -0.464 e. The summed E-state index contributed by atoms with van der Waals surface area (Å²) in [7, 11) is 0. The Labute approximate surface area is 193 Å². The first-order valence-electron chi connectivity index (χ1n) is 11.0. The number of aromatic nitrogens is 1. The minimum absolute atomic E-state index is 0.0791. The van der Waals surface area contributed by atoms with Crippen LogP contribution in [0.3, 0.4) is 0 Å². The second kappa shape index (κ2) is 7.78. The molecule has 0 aliphatic carbocycles. The third kappa shape index (κ3) is 3.36. The topological polar surface area (TPSA) is 88.2 Å². The Morgan fingerprint density at radius 3 is 2.68 bits per heavy atom. The molecule has 0 radical (unpaired) electrons. The molecular formula is C28H20N2O4. The fraction of sp³-hybridized carbons (Fsp3) is 0.0714. The molecule has 1 amide bonds. The Kier molecular flexibility index (Phi) is 4.59. The lowest BCUT2D eigenvalue weighted by atomic mass is 9.99. The first-order chi connectivity index (χ1) is 16.6. The molecule has 6 rings (SSSR count). The van der Waals surface area contributed by atoms with Gasteiger partial charge in [-0.25, -0.2) is 4.79 Å². The van der Waals surface area contributed by atoms with Crippen LogP contribution in [0.2, 0.25) is 0 Å². The van der Waals surface area contributed by atoms with Crippen molar-refractivity contribution in [3.8, 4) is 11.1 Å². The second-order valence-electron chi connectivity index (χ2n) is 8.36. The van der Waals surface area contributed by atoms with Gasteiger partial charge >= 0.3 is 5.63 Å². The van der Waals surface area contributed by atoms with E-state index in [-0.39, 0.29) is 12.3 Å². The van der Waals surface area contributed by atoms with Gasteiger partial charge in [-0.15, -0.1) is 0 Å². The van der Waals surface area contributed by atoms with Crippen molar-refractivity contribution >= 4 is 44.4 Å². The van der Waals surface area contributed by atoms with Crippen LogP contribution in [0.5, 0.6) is 0 Å². The Bertz CT molecular complexity index is 1760. The Morgan fingerprint density at radius 1 is 0.971 bits per heavy atom. The molecule has 0 saturated carbocycles. The van der Waals surface area contributed by atoms with Crippen molar-refractivity contribution < 1.29 is 13.6 Å². The van der Waals surface area contributed by atoms with E-state index < -0.39 is 5.63 Å². The summed E-state index contributed by atoms with van der Waals surface area (Å²) >= 11 is 0. The van der Waals surface area contributed by atoms with Crippen molar-refractivity contribution in [2.75, 3.05) is 5.32 Å². The number of nitrogens with one attached hydrogen (secondary N) is 2. The van der Waals surface area contributed by atoms with E-state index in [0.717, 1.165) is 38.4 Å². The maximum Gasteiger partial charge on any atom is 0.340 e. The first kappa shape index (κ1) is 20.1. The standard InChI is InChI=1S/C28H20N2O4/c1-16-20-12-22-23(17-5-3-2-4-6-17)15-33-25(22)14-26(20)34-28(32)21(16)13-27(31)30-19-7-8-24-18(11-19)9-10-29-24/h2-12,14-15,29H,13H2,1H3,(H,30,31). The summed E-state index contributed by atoms with van der Waals surface area (Å²) in [6.07, 6.45) is 3.48. The van der Waals surface area contributed by atoms with Gasteiger partial charge in [0, 0.05) is 45.2 Å². The van der Waals surface area contributed by atoms with Crippen LogP contribution in [0.1, 0.15) is 11.1 Å². The number of hydrogen-bond acceptors (Lipinski definition) is 4. The minimum atomic E-state index is -0.518. The van der Waals surface area contributed by atoms with Gasteiger partial charge in [0.1, 0.15) is 11.2 Å². The number of carbonyl (C=O) groups is 1. The van der Waals surface area contributed by atoms with Gasteiger partial charge in [-0.2, -0.15) is 0 Å². The smallest absolute Gasteiger partial charge is 0.340 e. The highest BCUT2D eigenvalue weighted by atomic mass is 16.4. The van der Waals surface area contributed by atoms with E-state index in [1.165, 1.54) is 0 Å². The molecular weight excluding hydrogens is 428 g/mol. The molecule has 6 aromatic rings. The summed E-state index contributed by atoms with van der Waals surface area (Å²) in [5, 5.41) is 5.58. The Hall–Kier alpha value is -4.58. The number of aryl methyl sites for hydroxylation is 1. The number of benzene rings is 3. The molecule has 34 heavy (non-hydrogen) atoms. The van der Waals surface area contributed by atoms with E-state index in [4.69, 9.17) is 8.83 Å². The number of carbonyl (C=O) groups excluding carboxylic acids is 1. The molecule has 0 aliphatic rings. The van der Waals surface area contributed by atoms with Crippen molar-refractivity contribution in [2.24, 2.45) is 0 Å². The van der Waals surface area contributed by atoms with E-state index >= 15 is 0 Å². The monoisotopic (exact) mass is 448 g/mol. The maximum absolute atomic E-state index is 12.8.